The molecular weight excluding hydrogens is 422 g/mol. The van der Waals surface area contributed by atoms with Crippen LogP contribution in [0.5, 0.6) is 0 Å². The molecule has 0 bridgehead atoms. The Morgan fingerprint density at radius 1 is 0.581 bits per heavy atom. The quantitative estimate of drug-likeness (QED) is 0.122. The molecule has 0 fully saturated rings. The largest absolute Gasteiger partial charge is 0.411 e. The van der Waals surface area contributed by atoms with E-state index < -0.39 is 31.4 Å². The molecule has 0 heterocycles. The molecule has 2 unspecified atom stereocenters. The van der Waals surface area contributed by atoms with Gasteiger partial charge in [-0.15, -0.1) is 0 Å². The van der Waals surface area contributed by atoms with Gasteiger partial charge in [-0.3, -0.25) is 0 Å². The lowest BCUT2D eigenvalue weighted by molar-refractivity contribution is -0.305. The van der Waals surface area contributed by atoms with E-state index in [0.717, 1.165) is 32.1 Å². The summed E-state index contributed by atoms with van der Waals surface area (Å²) in [4.78, 5) is 0. The summed E-state index contributed by atoms with van der Waals surface area (Å²) < 4.78 is 84.0. The zero-order chi connectivity index (χ0) is 24.1. The summed E-state index contributed by atoms with van der Waals surface area (Å²) in [6.07, 6.45) is -0.0154. The molecule has 0 radical (unpaired) electrons. The molecule has 188 valence electrons. The van der Waals surface area contributed by atoms with Crippen LogP contribution in [0.1, 0.15) is 98.8 Å². The summed E-state index contributed by atoms with van der Waals surface area (Å²) in [7, 11) is 0. The SMILES string of the molecule is CC(C)CCCC(C)CCCC(C)CCCCC(C)(OCC(F)(F)F)OCC(F)(F)F. The highest BCUT2D eigenvalue weighted by Crippen LogP contribution is 2.29. The van der Waals surface area contributed by atoms with Crippen LogP contribution in [0.15, 0.2) is 0 Å². The highest BCUT2D eigenvalue weighted by atomic mass is 19.4. The van der Waals surface area contributed by atoms with E-state index in [4.69, 9.17) is 0 Å². The fraction of sp³-hybridized carbons (Fsp3) is 1.00. The Hall–Kier alpha value is -0.500. The van der Waals surface area contributed by atoms with Crippen molar-refractivity contribution < 1.29 is 35.8 Å². The van der Waals surface area contributed by atoms with Crippen molar-refractivity contribution in [2.45, 2.75) is 117 Å². The summed E-state index contributed by atoms with van der Waals surface area (Å²) in [5.74, 6) is 0.0241. The molecular formula is C23H42F6O2. The van der Waals surface area contributed by atoms with Crippen molar-refractivity contribution in [2.75, 3.05) is 13.2 Å². The molecule has 0 aromatic rings. The van der Waals surface area contributed by atoms with E-state index in [-0.39, 0.29) is 6.42 Å². The van der Waals surface area contributed by atoms with E-state index in [1.807, 2.05) is 0 Å². The smallest absolute Gasteiger partial charge is 0.341 e. The molecule has 0 N–H and O–H groups in total. The van der Waals surface area contributed by atoms with Crippen LogP contribution in [0.4, 0.5) is 26.3 Å². The maximum atomic E-state index is 12.4. The van der Waals surface area contributed by atoms with Gasteiger partial charge in [-0.1, -0.05) is 79.1 Å². The normalized spacial score (nSPS) is 15.5. The van der Waals surface area contributed by atoms with Gasteiger partial charge < -0.3 is 9.47 Å². The van der Waals surface area contributed by atoms with Crippen molar-refractivity contribution in [3.8, 4) is 0 Å². The number of ether oxygens (including phenoxy) is 2. The monoisotopic (exact) mass is 464 g/mol. The molecule has 0 amide bonds. The Kier molecular flexibility index (Phi) is 14.4. The van der Waals surface area contributed by atoms with Gasteiger partial charge in [0.25, 0.3) is 0 Å². The summed E-state index contributed by atoms with van der Waals surface area (Å²) >= 11 is 0. The van der Waals surface area contributed by atoms with Crippen LogP contribution in [0.2, 0.25) is 0 Å². The van der Waals surface area contributed by atoms with E-state index in [9.17, 15) is 26.3 Å². The first-order chi connectivity index (χ1) is 14.1. The topological polar surface area (TPSA) is 18.5 Å². The molecule has 0 aromatic heterocycles. The third kappa shape index (κ3) is 19.9. The van der Waals surface area contributed by atoms with Crippen molar-refractivity contribution in [1.82, 2.24) is 0 Å². The second kappa shape index (κ2) is 14.6. The molecule has 0 saturated carbocycles. The third-order valence-electron chi connectivity index (χ3n) is 5.53. The molecule has 2 atom stereocenters. The van der Waals surface area contributed by atoms with Gasteiger partial charge in [0.05, 0.1) is 0 Å². The number of alkyl halides is 6. The average Bonchev–Trinajstić information content (AvgIpc) is 2.61. The van der Waals surface area contributed by atoms with Crippen molar-refractivity contribution >= 4 is 0 Å². The van der Waals surface area contributed by atoms with Crippen LogP contribution >= 0.6 is 0 Å². The van der Waals surface area contributed by atoms with Crippen molar-refractivity contribution in [3.63, 3.8) is 0 Å². The predicted molar refractivity (Wildman–Crippen MR) is 112 cm³/mol. The zero-order valence-corrected chi connectivity index (χ0v) is 19.8. The van der Waals surface area contributed by atoms with Crippen LogP contribution in [-0.4, -0.2) is 31.4 Å². The summed E-state index contributed by atoms with van der Waals surface area (Å²) in [6, 6.07) is 0. The minimum absolute atomic E-state index is 0.0151. The van der Waals surface area contributed by atoms with Crippen LogP contribution in [0, 0.1) is 17.8 Å². The Morgan fingerprint density at radius 3 is 1.35 bits per heavy atom. The lowest BCUT2D eigenvalue weighted by atomic mass is 9.91. The molecule has 8 heteroatoms. The highest BCUT2D eigenvalue weighted by molar-refractivity contribution is 4.68. The van der Waals surface area contributed by atoms with Gasteiger partial charge in [-0.25, -0.2) is 0 Å². The zero-order valence-electron chi connectivity index (χ0n) is 19.8. The molecule has 31 heavy (non-hydrogen) atoms. The van der Waals surface area contributed by atoms with Gasteiger partial charge in [-0.2, -0.15) is 26.3 Å². The first-order valence-electron chi connectivity index (χ1n) is 11.5. The Balaban J connectivity index is 4.19. The summed E-state index contributed by atoms with van der Waals surface area (Å²) in [5, 5.41) is 0. The standard InChI is InChI=1S/C23H42F6O2/c1-18(2)10-8-12-20(4)14-9-13-19(3)11-6-7-15-21(5,30-16-22(24,25)26)31-17-23(27,28)29/h18-20H,6-17H2,1-5H3. The number of halogens is 6. The number of unbranched alkanes of at least 4 members (excludes halogenated alkanes) is 1. The Labute approximate surface area is 184 Å². The van der Waals surface area contributed by atoms with Gasteiger partial charge in [0.1, 0.15) is 13.2 Å². The minimum atomic E-state index is -4.62. The molecule has 0 aliphatic heterocycles. The number of hydrogen-bond acceptors (Lipinski definition) is 2. The maximum Gasteiger partial charge on any atom is 0.411 e. The Morgan fingerprint density at radius 2 is 0.968 bits per heavy atom. The van der Waals surface area contributed by atoms with Gasteiger partial charge in [0, 0.05) is 6.42 Å². The van der Waals surface area contributed by atoms with E-state index in [1.165, 1.54) is 25.7 Å². The number of rotatable bonds is 17. The lowest BCUT2D eigenvalue weighted by Crippen LogP contribution is -2.39. The van der Waals surface area contributed by atoms with Crippen molar-refractivity contribution in [1.29, 1.82) is 0 Å². The second-order valence-electron chi connectivity index (χ2n) is 9.65. The van der Waals surface area contributed by atoms with E-state index in [1.54, 1.807) is 0 Å². The van der Waals surface area contributed by atoms with E-state index in [2.05, 4.69) is 37.2 Å². The molecule has 0 saturated heterocycles. The molecule has 0 spiro atoms. The van der Waals surface area contributed by atoms with Gasteiger partial charge >= 0.3 is 12.4 Å². The number of hydrogen-bond donors (Lipinski definition) is 0. The Bertz CT molecular complexity index is 430. The fourth-order valence-corrected chi connectivity index (χ4v) is 3.57. The first kappa shape index (κ1) is 30.5. The molecule has 2 nitrogen and oxygen atoms in total. The van der Waals surface area contributed by atoms with Crippen molar-refractivity contribution in [3.05, 3.63) is 0 Å². The second-order valence-corrected chi connectivity index (χ2v) is 9.65. The van der Waals surface area contributed by atoms with Crippen LogP contribution in [0.25, 0.3) is 0 Å². The molecule has 0 aliphatic rings. The van der Waals surface area contributed by atoms with E-state index in [0.29, 0.717) is 24.7 Å². The summed E-state index contributed by atoms with van der Waals surface area (Å²) in [5.41, 5.74) is 0. The lowest BCUT2D eigenvalue weighted by Gasteiger charge is -2.31. The van der Waals surface area contributed by atoms with Crippen LogP contribution in [0.3, 0.4) is 0 Å². The van der Waals surface area contributed by atoms with E-state index >= 15 is 0 Å². The maximum absolute atomic E-state index is 12.4. The van der Waals surface area contributed by atoms with Crippen LogP contribution in [-0.2, 0) is 9.47 Å². The van der Waals surface area contributed by atoms with Gasteiger partial charge in [0.2, 0.25) is 0 Å². The average molecular weight is 465 g/mol. The molecule has 0 aromatic carbocycles. The highest BCUT2D eigenvalue weighted by Gasteiger charge is 2.38. The van der Waals surface area contributed by atoms with Crippen molar-refractivity contribution in [2.24, 2.45) is 17.8 Å². The summed E-state index contributed by atoms with van der Waals surface area (Å²) in [6.45, 7) is 6.78. The predicted octanol–water partition coefficient (Wildman–Crippen LogP) is 8.69. The van der Waals surface area contributed by atoms with Gasteiger partial charge in [-0.05, 0) is 31.1 Å². The minimum Gasteiger partial charge on any atom is -0.341 e. The van der Waals surface area contributed by atoms with Gasteiger partial charge in [0.15, 0.2) is 5.79 Å². The fourth-order valence-electron chi connectivity index (χ4n) is 3.57. The third-order valence-corrected chi connectivity index (χ3v) is 5.53. The molecule has 0 rings (SSSR count). The van der Waals surface area contributed by atoms with Crippen LogP contribution < -0.4 is 0 Å². The molecule has 0 aliphatic carbocycles. The first-order valence-corrected chi connectivity index (χ1v) is 11.5.